The Labute approximate surface area is 153 Å². The monoisotopic (exact) mass is 379 g/mol. The quantitative estimate of drug-likeness (QED) is 0.260. The SMILES string of the molecule is CCCCCCCCOP(=O)(O)OCCNC(=O)CCCCCCC. The minimum atomic E-state index is -4.00. The van der Waals surface area contributed by atoms with Crippen LogP contribution < -0.4 is 5.32 Å². The van der Waals surface area contributed by atoms with Crippen LogP contribution in [-0.4, -0.2) is 30.6 Å². The molecule has 6 nitrogen and oxygen atoms in total. The minimum absolute atomic E-state index is 0.0220. The molecule has 0 aromatic heterocycles. The Morgan fingerprint density at radius 3 is 2.00 bits per heavy atom. The summed E-state index contributed by atoms with van der Waals surface area (Å²) in [6.07, 6.45) is 12.5. The zero-order valence-corrected chi connectivity index (χ0v) is 17.0. The van der Waals surface area contributed by atoms with E-state index in [0.29, 0.717) is 6.42 Å². The summed E-state index contributed by atoms with van der Waals surface area (Å²) in [4.78, 5) is 21.1. The highest BCUT2D eigenvalue weighted by atomic mass is 31.2. The second kappa shape index (κ2) is 17.0. The minimum Gasteiger partial charge on any atom is -0.354 e. The Hall–Kier alpha value is -0.420. The van der Waals surface area contributed by atoms with Gasteiger partial charge in [-0.15, -0.1) is 0 Å². The van der Waals surface area contributed by atoms with E-state index in [4.69, 9.17) is 9.05 Å². The van der Waals surface area contributed by atoms with E-state index in [1.807, 2.05) is 0 Å². The number of rotatable bonds is 18. The lowest BCUT2D eigenvalue weighted by molar-refractivity contribution is -0.121. The van der Waals surface area contributed by atoms with Crippen molar-refractivity contribution >= 4 is 13.7 Å². The van der Waals surface area contributed by atoms with Crippen molar-refractivity contribution in [2.75, 3.05) is 19.8 Å². The Morgan fingerprint density at radius 1 is 0.840 bits per heavy atom. The standard InChI is InChI=1S/C18H38NO5P/c1-3-5-7-9-11-13-16-23-25(21,22)24-17-15-19-18(20)14-12-10-8-6-4-2/h3-17H2,1-2H3,(H,19,20)(H,21,22). The molecule has 0 heterocycles. The van der Waals surface area contributed by atoms with Crippen molar-refractivity contribution in [3.8, 4) is 0 Å². The van der Waals surface area contributed by atoms with Crippen LogP contribution in [0.1, 0.15) is 90.9 Å². The number of amides is 1. The number of phosphoric acid groups is 1. The molecule has 0 aromatic rings. The van der Waals surface area contributed by atoms with Gasteiger partial charge in [-0.2, -0.15) is 0 Å². The first kappa shape index (κ1) is 24.6. The molecule has 0 rings (SSSR count). The van der Waals surface area contributed by atoms with E-state index < -0.39 is 7.82 Å². The smallest absolute Gasteiger partial charge is 0.354 e. The van der Waals surface area contributed by atoms with E-state index in [1.54, 1.807) is 0 Å². The van der Waals surface area contributed by atoms with Gasteiger partial charge in [0.25, 0.3) is 0 Å². The van der Waals surface area contributed by atoms with Crippen LogP contribution in [0.2, 0.25) is 0 Å². The number of carbonyl (C=O) groups excluding carboxylic acids is 1. The summed E-state index contributed by atoms with van der Waals surface area (Å²) in [5.41, 5.74) is 0. The molecule has 25 heavy (non-hydrogen) atoms. The summed E-state index contributed by atoms with van der Waals surface area (Å²) < 4.78 is 21.4. The van der Waals surface area contributed by atoms with Gasteiger partial charge in [-0.05, 0) is 12.8 Å². The fraction of sp³-hybridized carbons (Fsp3) is 0.944. The van der Waals surface area contributed by atoms with Crippen LogP contribution in [0.15, 0.2) is 0 Å². The third-order valence-corrected chi connectivity index (χ3v) is 4.96. The van der Waals surface area contributed by atoms with Gasteiger partial charge in [0.1, 0.15) is 0 Å². The second-order valence-electron chi connectivity index (χ2n) is 6.42. The maximum atomic E-state index is 11.7. The Morgan fingerprint density at radius 2 is 1.36 bits per heavy atom. The zero-order valence-electron chi connectivity index (χ0n) is 16.1. The summed E-state index contributed by atoms with van der Waals surface area (Å²) in [6.45, 7) is 4.75. The van der Waals surface area contributed by atoms with Crippen LogP contribution >= 0.6 is 7.82 Å². The van der Waals surface area contributed by atoms with Crippen LogP contribution in [0, 0.1) is 0 Å². The predicted molar refractivity (Wildman–Crippen MR) is 101 cm³/mol. The maximum Gasteiger partial charge on any atom is 0.472 e. The van der Waals surface area contributed by atoms with Crippen molar-refractivity contribution in [2.24, 2.45) is 0 Å². The lowest BCUT2D eigenvalue weighted by atomic mass is 10.1. The summed E-state index contributed by atoms with van der Waals surface area (Å²) >= 11 is 0. The molecule has 1 unspecified atom stereocenters. The van der Waals surface area contributed by atoms with Gasteiger partial charge >= 0.3 is 7.82 Å². The molecule has 0 saturated carbocycles. The molecule has 0 aliphatic rings. The van der Waals surface area contributed by atoms with Gasteiger partial charge in [-0.3, -0.25) is 13.8 Å². The van der Waals surface area contributed by atoms with Crippen molar-refractivity contribution < 1.29 is 23.3 Å². The second-order valence-corrected chi connectivity index (χ2v) is 7.87. The van der Waals surface area contributed by atoms with E-state index in [2.05, 4.69) is 19.2 Å². The van der Waals surface area contributed by atoms with Crippen LogP contribution in [0.5, 0.6) is 0 Å². The van der Waals surface area contributed by atoms with Gasteiger partial charge < -0.3 is 10.2 Å². The largest absolute Gasteiger partial charge is 0.472 e. The Kier molecular flexibility index (Phi) is 16.7. The molecule has 150 valence electrons. The van der Waals surface area contributed by atoms with Crippen molar-refractivity contribution in [2.45, 2.75) is 90.9 Å². The third-order valence-electron chi connectivity index (χ3n) is 3.94. The molecule has 0 radical (unpaired) electrons. The van der Waals surface area contributed by atoms with E-state index in [1.165, 1.54) is 32.1 Å². The van der Waals surface area contributed by atoms with Crippen molar-refractivity contribution in [3.63, 3.8) is 0 Å². The lowest BCUT2D eigenvalue weighted by Crippen LogP contribution is -2.26. The van der Waals surface area contributed by atoms with Gasteiger partial charge in [0.2, 0.25) is 5.91 Å². The highest BCUT2D eigenvalue weighted by molar-refractivity contribution is 7.47. The summed E-state index contributed by atoms with van der Waals surface area (Å²) in [5, 5.41) is 2.69. The van der Waals surface area contributed by atoms with Gasteiger partial charge in [0.15, 0.2) is 0 Å². The topological polar surface area (TPSA) is 84.9 Å². The van der Waals surface area contributed by atoms with Gasteiger partial charge in [0, 0.05) is 13.0 Å². The molecular weight excluding hydrogens is 341 g/mol. The van der Waals surface area contributed by atoms with Crippen LogP contribution in [0.3, 0.4) is 0 Å². The first-order valence-electron chi connectivity index (χ1n) is 9.90. The normalized spacial score (nSPS) is 13.6. The molecule has 0 fully saturated rings. The number of hydrogen-bond acceptors (Lipinski definition) is 4. The van der Waals surface area contributed by atoms with Gasteiger partial charge in [0.05, 0.1) is 13.2 Å². The summed E-state index contributed by atoms with van der Waals surface area (Å²) in [7, 11) is -4.00. The van der Waals surface area contributed by atoms with E-state index in [-0.39, 0.29) is 25.7 Å². The fourth-order valence-electron chi connectivity index (χ4n) is 2.43. The Bertz CT molecular complexity index is 365. The van der Waals surface area contributed by atoms with E-state index in [0.717, 1.165) is 38.5 Å². The van der Waals surface area contributed by atoms with Gasteiger partial charge in [-0.1, -0.05) is 71.6 Å². The fourth-order valence-corrected chi connectivity index (χ4v) is 3.18. The number of unbranched alkanes of at least 4 members (excludes halogenated alkanes) is 9. The first-order valence-corrected chi connectivity index (χ1v) is 11.4. The summed E-state index contributed by atoms with van der Waals surface area (Å²) in [5.74, 6) is -0.0409. The molecule has 0 spiro atoms. The van der Waals surface area contributed by atoms with Gasteiger partial charge in [-0.25, -0.2) is 4.57 Å². The third kappa shape index (κ3) is 18.2. The molecule has 7 heteroatoms. The van der Waals surface area contributed by atoms with Crippen LogP contribution in [-0.2, 0) is 18.4 Å². The van der Waals surface area contributed by atoms with Crippen molar-refractivity contribution in [1.82, 2.24) is 5.32 Å². The number of carbonyl (C=O) groups is 1. The first-order chi connectivity index (χ1) is 12.0. The zero-order chi connectivity index (χ0) is 18.8. The lowest BCUT2D eigenvalue weighted by Gasteiger charge is -2.12. The number of phosphoric ester groups is 1. The van der Waals surface area contributed by atoms with E-state index >= 15 is 0 Å². The predicted octanol–water partition coefficient (Wildman–Crippen LogP) is 4.96. The Balaban J connectivity index is 3.51. The molecule has 0 aliphatic carbocycles. The maximum absolute atomic E-state index is 11.7. The van der Waals surface area contributed by atoms with E-state index in [9.17, 15) is 14.3 Å². The molecule has 0 aromatic carbocycles. The molecule has 0 aliphatic heterocycles. The molecule has 0 bridgehead atoms. The molecule has 2 N–H and O–H groups in total. The number of nitrogens with one attached hydrogen (secondary N) is 1. The molecule has 1 amide bonds. The summed E-state index contributed by atoms with van der Waals surface area (Å²) in [6, 6.07) is 0. The van der Waals surface area contributed by atoms with Crippen molar-refractivity contribution in [1.29, 1.82) is 0 Å². The van der Waals surface area contributed by atoms with Crippen LogP contribution in [0.4, 0.5) is 0 Å². The van der Waals surface area contributed by atoms with Crippen molar-refractivity contribution in [3.05, 3.63) is 0 Å². The number of hydrogen-bond donors (Lipinski definition) is 2. The molecule has 0 saturated heterocycles. The molecule has 1 atom stereocenters. The highest BCUT2D eigenvalue weighted by Gasteiger charge is 2.20. The average molecular weight is 379 g/mol. The van der Waals surface area contributed by atoms with Crippen LogP contribution in [0.25, 0.3) is 0 Å². The highest BCUT2D eigenvalue weighted by Crippen LogP contribution is 2.42. The average Bonchev–Trinajstić information content (AvgIpc) is 2.58. The molecular formula is C18H38NO5P.